The summed E-state index contributed by atoms with van der Waals surface area (Å²) in [6.07, 6.45) is -0.615. The summed E-state index contributed by atoms with van der Waals surface area (Å²) in [4.78, 5) is 38.4. The number of nitrogens with zero attached hydrogens (tertiary/aromatic N) is 1. The molecule has 1 aromatic heterocycles. The Morgan fingerprint density at radius 3 is 2.62 bits per heavy atom. The van der Waals surface area contributed by atoms with Crippen LogP contribution in [0.5, 0.6) is 0 Å². The highest BCUT2D eigenvalue weighted by molar-refractivity contribution is 7.89. The molecule has 1 aliphatic heterocycles. The average molecular weight is 530 g/mol. The maximum atomic E-state index is 13.3. The molecular formula is C21H24ClN3O7S2. The molecule has 1 fully saturated rings. The number of aliphatic hydroxyl groups excluding tert-OH is 1. The summed E-state index contributed by atoms with van der Waals surface area (Å²) in [5, 5.41) is 12.3. The van der Waals surface area contributed by atoms with Crippen molar-refractivity contribution in [2.75, 3.05) is 25.1 Å². The van der Waals surface area contributed by atoms with Gasteiger partial charge in [0.05, 0.1) is 21.2 Å². The second kappa shape index (κ2) is 10.8. The molecule has 13 heteroatoms. The third-order valence-electron chi connectivity index (χ3n) is 5.27. The number of rotatable bonds is 9. The fourth-order valence-electron chi connectivity index (χ4n) is 3.60. The van der Waals surface area contributed by atoms with E-state index in [9.17, 15) is 27.9 Å². The monoisotopic (exact) mass is 529 g/mol. The molecule has 0 aliphatic carbocycles. The Morgan fingerprint density at radius 2 is 2.06 bits per heavy atom. The number of carbonyl (C=O) groups is 3. The van der Waals surface area contributed by atoms with E-state index in [1.54, 1.807) is 19.1 Å². The van der Waals surface area contributed by atoms with Crippen LogP contribution in [0.3, 0.4) is 0 Å². The molecule has 3 N–H and O–H groups in total. The first kappa shape index (κ1) is 26.1. The van der Waals surface area contributed by atoms with Gasteiger partial charge in [-0.25, -0.2) is 8.42 Å². The highest BCUT2D eigenvalue weighted by Gasteiger charge is 2.34. The van der Waals surface area contributed by atoms with Gasteiger partial charge < -0.3 is 20.1 Å². The molecule has 2 atom stereocenters. The maximum Gasteiger partial charge on any atom is 0.325 e. The summed E-state index contributed by atoms with van der Waals surface area (Å²) < 4.78 is 34.0. The number of sulfonamides is 1. The molecule has 3 rings (SSSR count). The van der Waals surface area contributed by atoms with Gasteiger partial charge in [0, 0.05) is 25.2 Å². The van der Waals surface area contributed by atoms with E-state index in [2.05, 4.69) is 10.0 Å². The zero-order chi connectivity index (χ0) is 25.0. The topological polar surface area (TPSA) is 142 Å². The molecule has 2 amide bonds. The number of hydrogen-bond acceptors (Lipinski definition) is 8. The molecular weight excluding hydrogens is 506 g/mol. The van der Waals surface area contributed by atoms with Crippen LogP contribution in [0.15, 0.2) is 35.2 Å². The molecule has 1 unspecified atom stereocenters. The summed E-state index contributed by atoms with van der Waals surface area (Å²) in [5.74, 6) is -1.91. The predicted molar refractivity (Wildman–Crippen MR) is 127 cm³/mol. The van der Waals surface area contributed by atoms with Crippen molar-refractivity contribution in [3.05, 3.63) is 45.1 Å². The Balaban J connectivity index is 1.85. The van der Waals surface area contributed by atoms with Crippen molar-refractivity contribution in [3.63, 3.8) is 0 Å². The van der Waals surface area contributed by atoms with Gasteiger partial charge in [0.1, 0.15) is 12.1 Å². The quantitative estimate of drug-likeness (QED) is 0.416. The Hall–Kier alpha value is -2.51. The summed E-state index contributed by atoms with van der Waals surface area (Å²) in [7, 11) is -3.17. The molecule has 2 heterocycles. The summed E-state index contributed by atoms with van der Waals surface area (Å²) in [6.45, 7) is 1.63. The summed E-state index contributed by atoms with van der Waals surface area (Å²) in [5.41, 5.74) is 0.739. The molecule has 1 aliphatic rings. The first-order chi connectivity index (χ1) is 16.1. The lowest BCUT2D eigenvalue weighted by Gasteiger charge is -2.23. The summed E-state index contributed by atoms with van der Waals surface area (Å²) in [6, 6.07) is 6.11. The zero-order valence-electron chi connectivity index (χ0n) is 18.4. The number of methoxy groups -OCH3 is 1. The molecule has 34 heavy (non-hydrogen) atoms. The lowest BCUT2D eigenvalue weighted by molar-refractivity contribution is -0.142. The van der Waals surface area contributed by atoms with Gasteiger partial charge in [0.15, 0.2) is 0 Å². The minimum absolute atomic E-state index is 0.119. The van der Waals surface area contributed by atoms with Gasteiger partial charge in [0.2, 0.25) is 10.0 Å². The van der Waals surface area contributed by atoms with Gasteiger partial charge in [-0.3, -0.25) is 14.4 Å². The van der Waals surface area contributed by atoms with Gasteiger partial charge in [-0.2, -0.15) is 4.72 Å². The number of esters is 1. The third kappa shape index (κ3) is 5.58. The van der Waals surface area contributed by atoms with E-state index in [0.717, 1.165) is 18.4 Å². The van der Waals surface area contributed by atoms with Crippen LogP contribution in [0.1, 0.15) is 28.6 Å². The van der Waals surface area contributed by atoms with Crippen molar-refractivity contribution in [2.45, 2.75) is 36.8 Å². The molecule has 0 radical (unpaired) electrons. The van der Waals surface area contributed by atoms with Crippen molar-refractivity contribution in [1.82, 2.24) is 10.0 Å². The SMILES string of the molecule is CCc1c(N2CC[C@H](O)C2=O)cccc1S(=O)(=O)NC(CNC(=O)c1ccc(Cl)s1)C(=O)OC. The lowest BCUT2D eigenvalue weighted by atomic mass is 10.1. The van der Waals surface area contributed by atoms with Crippen LogP contribution in [-0.4, -0.2) is 63.7 Å². The Morgan fingerprint density at radius 1 is 1.32 bits per heavy atom. The highest BCUT2D eigenvalue weighted by Crippen LogP contribution is 2.31. The molecule has 0 saturated carbocycles. The van der Waals surface area contributed by atoms with Crippen molar-refractivity contribution in [3.8, 4) is 0 Å². The van der Waals surface area contributed by atoms with E-state index in [0.29, 0.717) is 20.5 Å². The Bertz CT molecular complexity index is 1200. The lowest BCUT2D eigenvalue weighted by Crippen LogP contribution is -2.49. The minimum Gasteiger partial charge on any atom is -0.468 e. The van der Waals surface area contributed by atoms with Crippen LogP contribution in [-0.2, 0) is 30.8 Å². The normalized spacial score (nSPS) is 17.0. The molecule has 1 aromatic carbocycles. The second-order valence-electron chi connectivity index (χ2n) is 7.41. The van der Waals surface area contributed by atoms with Crippen LogP contribution in [0.25, 0.3) is 0 Å². The molecule has 0 spiro atoms. The zero-order valence-corrected chi connectivity index (χ0v) is 20.8. The van der Waals surface area contributed by atoms with Crippen LogP contribution in [0.2, 0.25) is 4.34 Å². The number of anilines is 1. The van der Waals surface area contributed by atoms with Crippen LogP contribution in [0.4, 0.5) is 5.69 Å². The van der Waals surface area contributed by atoms with Gasteiger partial charge in [-0.05, 0) is 36.2 Å². The van der Waals surface area contributed by atoms with Crippen molar-refractivity contribution in [2.24, 2.45) is 0 Å². The Labute approximate surface area is 205 Å². The number of ether oxygens (including phenoxy) is 1. The van der Waals surface area contributed by atoms with E-state index in [1.807, 2.05) is 0 Å². The number of benzene rings is 1. The number of thiophene rings is 1. The maximum absolute atomic E-state index is 13.3. The second-order valence-corrected chi connectivity index (χ2v) is 10.8. The fourth-order valence-corrected chi connectivity index (χ4v) is 6.07. The van der Waals surface area contributed by atoms with Gasteiger partial charge in [0.25, 0.3) is 11.8 Å². The molecule has 184 valence electrons. The number of carbonyl (C=O) groups excluding carboxylic acids is 3. The van der Waals surface area contributed by atoms with Gasteiger partial charge >= 0.3 is 5.97 Å². The number of nitrogens with one attached hydrogen (secondary N) is 2. The van der Waals surface area contributed by atoms with Crippen LogP contribution < -0.4 is 14.9 Å². The largest absolute Gasteiger partial charge is 0.468 e. The van der Waals surface area contributed by atoms with E-state index in [1.165, 1.54) is 23.1 Å². The van der Waals surface area contributed by atoms with Crippen molar-refractivity contribution in [1.29, 1.82) is 0 Å². The van der Waals surface area contributed by atoms with E-state index >= 15 is 0 Å². The highest BCUT2D eigenvalue weighted by atomic mass is 35.5. The first-order valence-electron chi connectivity index (χ1n) is 10.3. The van der Waals surface area contributed by atoms with Crippen LogP contribution in [0, 0.1) is 0 Å². The molecule has 0 bridgehead atoms. The van der Waals surface area contributed by atoms with E-state index in [4.69, 9.17) is 16.3 Å². The third-order valence-corrected chi connectivity index (χ3v) is 8.05. The number of hydrogen-bond donors (Lipinski definition) is 3. The fraction of sp³-hybridized carbons (Fsp3) is 0.381. The average Bonchev–Trinajstić information content (AvgIpc) is 3.40. The number of aliphatic hydroxyl groups is 1. The standard InChI is InChI=1S/C21H24ClN3O7S2/c1-3-12-14(25-10-9-15(26)20(25)28)5-4-6-17(12)34(30,31)24-13(21(29)32-2)11-23-19(27)16-7-8-18(22)33-16/h4-8,13,15,24,26H,3,9-11H2,1-2H3,(H,23,27)/t13?,15-/m0/s1. The van der Waals surface area contributed by atoms with E-state index in [-0.39, 0.29) is 30.8 Å². The van der Waals surface area contributed by atoms with Gasteiger partial charge in [-0.1, -0.05) is 24.6 Å². The number of amides is 2. The number of halogens is 1. The molecule has 10 nitrogen and oxygen atoms in total. The first-order valence-corrected chi connectivity index (χ1v) is 13.0. The predicted octanol–water partition coefficient (Wildman–Crippen LogP) is 1.31. The molecule has 1 saturated heterocycles. The van der Waals surface area contributed by atoms with E-state index < -0.39 is 40.0 Å². The Kier molecular flexibility index (Phi) is 8.31. The summed E-state index contributed by atoms with van der Waals surface area (Å²) >= 11 is 6.87. The van der Waals surface area contributed by atoms with Crippen molar-refractivity contribution >= 4 is 56.4 Å². The minimum atomic E-state index is -4.27. The molecule has 2 aromatic rings. The van der Waals surface area contributed by atoms with Crippen molar-refractivity contribution < 1.29 is 32.6 Å². The smallest absolute Gasteiger partial charge is 0.325 e. The van der Waals surface area contributed by atoms with Crippen LogP contribution >= 0.6 is 22.9 Å². The van der Waals surface area contributed by atoms with Gasteiger partial charge in [-0.15, -0.1) is 11.3 Å².